The van der Waals surface area contributed by atoms with E-state index >= 15 is 0 Å². The molecule has 0 aliphatic carbocycles. The second kappa shape index (κ2) is 4.26. The maximum absolute atomic E-state index is 6.20. The lowest BCUT2D eigenvalue weighted by Crippen LogP contribution is -1.80. The van der Waals surface area contributed by atoms with Gasteiger partial charge in [-0.15, -0.1) is 11.3 Å². The highest BCUT2D eigenvalue weighted by molar-refractivity contribution is 7.17. The summed E-state index contributed by atoms with van der Waals surface area (Å²) < 4.78 is 0. The molecular weight excluding hydrogens is 275 g/mol. The lowest BCUT2D eigenvalue weighted by atomic mass is 10.1. The molecule has 0 spiro atoms. The molecule has 0 N–H and O–H groups in total. The normalized spacial score (nSPS) is 10.9. The first-order chi connectivity index (χ1) is 8.25. The van der Waals surface area contributed by atoms with Gasteiger partial charge in [0.25, 0.3) is 0 Å². The van der Waals surface area contributed by atoms with Gasteiger partial charge in [-0.3, -0.25) is 0 Å². The van der Waals surface area contributed by atoms with Crippen LogP contribution >= 0.6 is 34.5 Å². The summed E-state index contributed by atoms with van der Waals surface area (Å²) in [4.78, 5) is 9.22. The molecule has 2 aromatic heterocycles. The van der Waals surface area contributed by atoms with E-state index < -0.39 is 0 Å². The zero-order valence-electron chi connectivity index (χ0n) is 8.52. The highest BCUT2D eigenvalue weighted by atomic mass is 35.5. The molecule has 0 atom stereocenters. The van der Waals surface area contributed by atoms with Crippen LogP contribution in [0.25, 0.3) is 21.3 Å². The number of benzene rings is 1. The summed E-state index contributed by atoms with van der Waals surface area (Å²) >= 11 is 13.7. The Bertz CT molecular complexity index is 694. The van der Waals surface area contributed by atoms with Gasteiger partial charge < -0.3 is 0 Å². The van der Waals surface area contributed by atoms with Gasteiger partial charge in [0, 0.05) is 38.1 Å². The topological polar surface area (TPSA) is 25.8 Å². The average molecular weight is 281 g/mol. The van der Waals surface area contributed by atoms with Crippen LogP contribution in [0, 0.1) is 0 Å². The summed E-state index contributed by atoms with van der Waals surface area (Å²) in [5, 5.41) is 4.33. The molecule has 0 saturated carbocycles. The fourth-order valence-corrected chi connectivity index (χ4v) is 3.08. The van der Waals surface area contributed by atoms with Crippen molar-refractivity contribution in [3.8, 4) is 11.1 Å². The molecule has 3 aromatic rings. The van der Waals surface area contributed by atoms with Gasteiger partial charge in [-0.25, -0.2) is 9.97 Å². The minimum atomic E-state index is 0.634. The molecule has 5 heteroatoms. The van der Waals surface area contributed by atoms with Crippen molar-refractivity contribution in [2.24, 2.45) is 0 Å². The van der Waals surface area contributed by atoms with Gasteiger partial charge in [0.05, 0.1) is 0 Å². The van der Waals surface area contributed by atoms with Crippen molar-refractivity contribution in [2.45, 2.75) is 0 Å². The highest BCUT2D eigenvalue weighted by Gasteiger charge is 2.10. The SMILES string of the molecule is Clc1ccc(-c2csc3ncncc23)c(Cl)c1. The molecular formula is C12H6Cl2N2S. The predicted octanol–water partition coefficient (Wildman–Crippen LogP) is 4.67. The van der Waals surface area contributed by atoms with Crippen molar-refractivity contribution in [3.63, 3.8) is 0 Å². The third-order valence-electron chi connectivity index (χ3n) is 2.48. The molecule has 84 valence electrons. The Morgan fingerprint density at radius 1 is 1.12 bits per heavy atom. The van der Waals surface area contributed by atoms with Crippen LogP contribution in [0.3, 0.4) is 0 Å². The fraction of sp³-hybridized carbons (Fsp3) is 0. The lowest BCUT2D eigenvalue weighted by Gasteiger charge is -2.03. The largest absolute Gasteiger partial charge is 0.244 e. The Kier molecular flexibility index (Phi) is 2.74. The van der Waals surface area contributed by atoms with Crippen molar-refractivity contribution in [1.82, 2.24) is 9.97 Å². The van der Waals surface area contributed by atoms with Crippen molar-refractivity contribution in [2.75, 3.05) is 0 Å². The molecule has 0 fully saturated rings. The maximum atomic E-state index is 6.20. The number of halogens is 2. The van der Waals surface area contributed by atoms with E-state index in [0.717, 1.165) is 21.3 Å². The average Bonchev–Trinajstić information content (AvgIpc) is 2.73. The molecule has 0 aliphatic rings. The second-order valence-electron chi connectivity index (χ2n) is 3.52. The summed E-state index contributed by atoms with van der Waals surface area (Å²) in [6.07, 6.45) is 3.35. The zero-order chi connectivity index (χ0) is 11.8. The fourth-order valence-electron chi connectivity index (χ4n) is 1.69. The number of rotatable bonds is 1. The Balaban J connectivity index is 2.27. The summed E-state index contributed by atoms with van der Waals surface area (Å²) in [5.74, 6) is 0. The van der Waals surface area contributed by atoms with E-state index in [1.165, 1.54) is 0 Å². The van der Waals surface area contributed by atoms with Gasteiger partial charge in [-0.1, -0.05) is 29.3 Å². The third-order valence-corrected chi connectivity index (χ3v) is 3.93. The van der Waals surface area contributed by atoms with Crippen LogP contribution in [0.2, 0.25) is 10.0 Å². The van der Waals surface area contributed by atoms with Crippen molar-refractivity contribution in [1.29, 1.82) is 0 Å². The van der Waals surface area contributed by atoms with E-state index in [2.05, 4.69) is 9.97 Å². The Hall–Kier alpha value is -1.16. The number of thiophene rings is 1. The molecule has 0 aliphatic heterocycles. The number of fused-ring (bicyclic) bond motifs is 1. The lowest BCUT2D eigenvalue weighted by molar-refractivity contribution is 1.23. The van der Waals surface area contributed by atoms with E-state index in [9.17, 15) is 0 Å². The van der Waals surface area contributed by atoms with Crippen LogP contribution < -0.4 is 0 Å². The first-order valence-electron chi connectivity index (χ1n) is 4.88. The quantitative estimate of drug-likeness (QED) is 0.648. The molecule has 3 rings (SSSR count). The third kappa shape index (κ3) is 1.90. The van der Waals surface area contributed by atoms with Crippen LogP contribution in [0.15, 0.2) is 36.1 Å². The molecule has 17 heavy (non-hydrogen) atoms. The second-order valence-corrected chi connectivity index (χ2v) is 5.22. The van der Waals surface area contributed by atoms with Crippen LogP contribution in [0.4, 0.5) is 0 Å². The van der Waals surface area contributed by atoms with E-state index in [1.807, 2.05) is 17.5 Å². The van der Waals surface area contributed by atoms with Gasteiger partial charge in [0.15, 0.2) is 0 Å². The standard InChI is InChI=1S/C12H6Cl2N2S/c13-7-1-2-8(11(14)3-7)10-5-17-12-9(10)4-15-6-16-12/h1-6H. The molecule has 0 radical (unpaired) electrons. The highest BCUT2D eigenvalue weighted by Crippen LogP contribution is 2.37. The molecule has 0 unspecified atom stereocenters. The molecule has 2 heterocycles. The Morgan fingerprint density at radius 2 is 2.00 bits per heavy atom. The minimum absolute atomic E-state index is 0.634. The first kappa shape index (κ1) is 11.0. The van der Waals surface area contributed by atoms with Crippen LogP contribution in [0.1, 0.15) is 0 Å². The zero-order valence-corrected chi connectivity index (χ0v) is 10.9. The van der Waals surface area contributed by atoms with E-state index in [1.54, 1.807) is 29.9 Å². The first-order valence-corrected chi connectivity index (χ1v) is 6.52. The van der Waals surface area contributed by atoms with Crippen molar-refractivity contribution < 1.29 is 0 Å². The van der Waals surface area contributed by atoms with Crippen LogP contribution in [0.5, 0.6) is 0 Å². The van der Waals surface area contributed by atoms with Crippen LogP contribution in [-0.2, 0) is 0 Å². The summed E-state index contributed by atoms with van der Waals surface area (Å²) in [7, 11) is 0. The molecule has 0 bridgehead atoms. The Labute approximate surface area is 112 Å². The molecule has 0 saturated heterocycles. The van der Waals surface area contributed by atoms with Crippen LogP contribution in [-0.4, -0.2) is 9.97 Å². The minimum Gasteiger partial charge on any atom is -0.244 e. The van der Waals surface area contributed by atoms with Crippen molar-refractivity contribution in [3.05, 3.63) is 46.1 Å². The van der Waals surface area contributed by atoms with E-state index in [-0.39, 0.29) is 0 Å². The maximum Gasteiger partial charge on any atom is 0.127 e. The van der Waals surface area contributed by atoms with E-state index in [0.29, 0.717) is 10.0 Å². The van der Waals surface area contributed by atoms with Gasteiger partial charge >= 0.3 is 0 Å². The predicted molar refractivity (Wildman–Crippen MR) is 72.9 cm³/mol. The molecule has 0 amide bonds. The number of hydrogen-bond donors (Lipinski definition) is 0. The molecule has 2 nitrogen and oxygen atoms in total. The van der Waals surface area contributed by atoms with E-state index in [4.69, 9.17) is 23.2 Å². The summed E-state index contributed by atoms with van der Waals surface area (Å²) in [6.45, 7) is 0. The smallest absolute Gasteiger partial charge is 0.127 e. The number of nitrogens with zero attached hydrogens (tertiary/aromatic N) is 2. The van der Waals surface area contributed by atoms with Gasteiger partial charge in [0.1, 0.15) is 11.2 Å². The van der Waals surface area contributed by atoms with Gasteiger partial charge in [-0.05, 0) is 12.1 Å². The van der Waals surface area contributed by atoms with Gasteiger partial charge in [0.2, 0.25) is 0 Å². The number of hydrogen-bond acceptors (Lipinski definition) is 3. The number of aromatic nitrogens is 2. The summed E-state index contributed by atoms with van der Waals surface area (Å²) in [5.41, 5.74) is 2.00. The summed E-state index contributed by atoms with van der Waals surface area (Å²) in [6, 6.07) is 5.49. The monoisotopic (exact) mass is 280 g/mol. The van der Waals surface area contributed by atoms with Crippen molar-refractivity contribution >= 4 is 44.8 Å². The molecule has 1 aromatic carbocycles. The van der Waals surface area contributed by atoms with Gasteiger partial charge in [-0.2, -0.15) is 0 Å². The Morgan fingerprint density at radius 3 is 2.82 bits per heavy atom.